The molecule has 4 nitrogen and oxygen atoms in total. The summed E-state index contributed by atoms with van der Waals surface area (Å²) < 4.78 is 19.3. The van der Waals surface area contributed by atoms with E-state index in [4.69, 9.17) is 4.74 Å². The van der Waals surface area contributed by atoms with Crippen LogP contribution in [-0.2, 0) is 4.79 Å². The number of nitrogens with one attached hydrogen (secondary N) is 2. The Balaban J connectivity index is 0.00000208. The van der Waals surface area contributed by atoms with Crippen LogP contribution in [0.1, 0.15) is 32.6 Å². The van der Waals surface area contributed by atoms with Crippen LogP contribution < -0.4 is 15.4 Å². The molecule has 0 radical (unpaired) electrons. The van der Waals surface area contributed by atoms with Gasteiger partial charge >= 0.3 is 0 Å². The van der Waals surface area contributed by atoms with Crippen LogP contribution in [0.15, 0.2) is 24.3 Å². The number of ether oxygens (including phenoxy) is 1. The Morgan fingerprint density at radius 2 is 2.12 bits per heavy atom. The van der Waals surface area contributed by atoms with Gasteiger partial charge in [-0.25, -0.2) is 4.39 Å². The van der Waals surface area contributed by atoms with Crippen molar-refractivity contribution in [1.29, 1.82) is 0 Å². The normalized spacial score (nSPS) is 22.3. The number of hydrogen-bond acceptors (Lipinski definition) is 3. The molecule has 2 atom stereocenters. The van der Waals surface area contributed by atoms with Gasteiger partial charge in [-0.15, -0.1) is 12.4 Å². The first kappa shape index (κ1) is 19.0. The first-order valence-corrected chi connectivity index (χ1v) is 8.54. The summed E-state index contributed by atoms with van der Waals surface area (Å²) in [5, 5.41) is 6.34. The summed E-state index contributed by atoms with van der Waals surface area (Å²) in [7, 11) is 0. The van der Waals surface area contributed by atoms with E-state index in [1.165, 1.54) is 6.07 Å². The van der Waals surface area contributed by atoms with Crippen LogP contribution in [0.3, 0.4) is 0 Å². The Morgan fingerprint density at radius 3 is 2.79 bits per heavy atom. The van der Waals surface area contributed by atoms with E-state index in [-0.39, 0.29) is 47.3 Å². The fourth-order valence-corrected chi connectivity index (χ4v) is 3.52. The van der Waals surface area contributed by atoms with Crippen molar-refractivity contribution < 1.29 is 13.9 Å². The van der Waals surface area contributed by atoms with Crippen molar-refractivity contribution in [3.63, 3.8) is 0 Å². The molecular formula is C18H26ClFN2O2. The average molecular weight is 357 g/mol. The van der Waals surface area contributed by atoms with E-state index in [1.54, 1.807) is 18.2 Å². The van der Waals surface area contributed by atoms with Gasteiger partial charge in [0, 0.05) is 5.92 Å². The van der Waals surface area contributed by atoms with Crippen molar-refractivity contribution in [3.05, 3.63) is 30.1 Å². The van der Waals surface area contributed by atoms with Gasteiger partial charge in [0.25, 0.3) is 0 Å². The van der Waals surface area contributed by atoms with Crippen molar-refractivity contribution in [2.75, 3.05) is 19.6 Å². The summed E-state index contributed by atoms with van der Waals surface area (Å²) in [5.41, 5.74) is 0.240. The van der Waals surface area contributed by atoms with Crippen LogP contribution in [0.25, 0.3) is 0 Å². The minimum Gasteiger partial charge on any atom is -0.486 e. The smallest absolute Gasteiger partial charge is 0.223 e. The molecule has 2 unspecified atom stereocenters. The highest BCUT2D eigenvalue weighted by atomic mass is 35.5. The van der Waals surface area contributed by atoms with Gasteiger partial charge in [0.2, 0.25) is 5.91 Å². The fraction of sp³-hybridized carbons (Fsp3) is 0.611. The number of para-hydroxylation sites is 1. The summed E-state index contributed by atoms with van der Waals surface area (Å²) in [5.74, 6) is 0.154. The van der Waals surface area contributed by atoms with Crippen LogP contribution >= 0.6 is 12.4 Å². The molecule has 1 spiro atoms. The molecule has 0 bridgehead atoms. The monoisotopic (exact) mass is 356 g/mol. The highest BCUT2D eigenvalue weighted by Crippen LogP contribution is 2.58. The van der Waals surface area contributed by atoms with E-state index < -0.39 is 0 Å². The van der Waals surface area contributed by atoms with Crippen LogP contribution in [0.4, 0.5) is 4.39 Å². The molecule has 6 heteroatoms. The molecule has 1 aromatic rings. The van der Waals surface area contributed by atoms with Gasteiger partial charge in [-0.05, 0) is 56.3 Å². The van der Waals surface area contributed by atoms with Gasteiger partial charge < -0.3 is 15.4 Å². The van der Waals surface area contributed by atoms with E-state index in [9.17, 15) is 9.18 Å². The van der Waals surface area contributed by atoms with Gasteiger partial charge in [0.1, 0.15) is 6.10 Å². The molecule has 1 amide bonds. The molecule has 2 aliphatic rings. The third-order valence-electron chi connectivity index (χ3n) is 5.20. The third-order valence-corrected chi connectivity index (χ3v) is 5.20. The highest BCUT2D eigenvalue weighted by Gasteiger charge is 2.57. The second-order valence-corrected chi connectivity index (χ2v) is 6.69. The third kappa shape index (κ3) is 4.19. The van der Waals surface area contributed by atoms with Crippen LogP contribution in [0.2, 0.25) is 0 Å². The molecule has 1 aliphatic heterocycles. The molecule has 2 fully saturated rings. The quantitative estimate of drug-likeness (QED) is 0.824. The number of rotatable bonds is 6. The molecule has 3 rings (SSSR count). The van der Waals surface area contributed by atoms with E-state index in [0.29, 0.717) is 13.0 Å². The number of benzene rings is 1. The Labute approximate surface area is 148 Å². The maximum absolute atomic E-state index is 13.6. The average Bonchev–Trinajstić information content (AvgIpc) is 3.26. The highest BCUT2D eigenvalue weighted by molar-refractivity contribution is 5.85. The van der Waals surface area contributed by atoms with Gasteiger partial charge in [-0.3, -0.25) is 4.79 Å². The van der Waals surface area contributed by atoms with Crippen molar-refractivity contribution in [2.24, 2.45) is 11.3 Å². The molecule has 1 aliphatic carbocycles. The second-order valence-electron chi connectivity index (χ2n) is 6.69. The zero-order valence-corrected chi connectivity index (χ0v) is 14.8. The van der Waals surface area contributed by atoms with E-state index in [2.05, 4.69) is 10.6 Å². The minimum absolute atomic E-state index is 0. The number of halogens is 2. The molecular weight excluding hydrogens is 331 g/mol. The van der Waals surface area contributed by atoms with Crippen LogP contribution in [-0.4, -0.2) is 31.6 Å². The number of carbonyl (C=O) groups is 1. The van der Waals surface area contributed by atoms with Crippen molar-refractivity contribution in [2.45, 2.75) is 38.7 Å². The van der Waals surface area contributed by atoms with Gasteiger partial charge in [0.05, 0.1) is 6.54 Å². The zero-order chi connectivity index (χ0) is 16.3. The van der Waals surface area contributed by atoms with Gasteiger partial charge in [0.15, 0.2) is 11.6 Å². The lowest BCUT2D eigenvalue weighted by atomic mass is 9.92. The largest absolute Gasteiger partial charge is 0.486 e. The molecule has 1 heterocycles. The number of carbonyl (C=O) groups excluding carboxylic acids is 1. The Hall–Kier alpha value is -1.33. The molecule has 134 valence electrons. The number of amides is 1. The minimum atomic E-state index is -0.367. The Morgan fingerprint density at radius 1 is 1.42 bits per heavy atom. The molecule has 1 saturated carbocycles. The molecule has 1 aromatic carbocycles. The molecule has 1 saturated heterocycles. The standard InChI is InChI=1S/C18H25FN2O2.ClH/c1-2-13(23-16-6-4-3-5-15(16)19)12-21-17(22)14-11-18(14)7-9-20-10-8-18;/h3-6,13-14,20H,2,7-12H2,1H3,(H,21,22);1H. The predicted molar refractivity (Wildman–Crippen MR) is 94.0 cm³/mol. The van der Waals surface area contributed by atoms with E-state index in [1.807, 2.05) is 6.92 Å². The first-order valence-electron chi connectivity index (χ1n) is 8.54. The maximum Gasteiger partial charge on any atom is 0.223 e. The lowest BCUT2D eigenvalue weighted by Gasteiger charge is -2.23. The first-order chi connectivity index (χ1) is 11.1. The Bertz CT molecular complexity index is 564. The second kappa shape index (κ2) is 8.17. The molecule has 2 N–H and O–H groups in total. The lowest BCUT2D eigenvalue weighted by Crippen LogP contribution is -2.38. The lowest BCUT2D eigenvalue weighted by molar-refractivity contribution is -0.123. The van der Waals surface area contributed by atoms with Crippen molar-refractivity contribution >= 4 is 18.3 Å². The van der Waals surface area contributed by atoms with Crippen molar-refractivity contribution in [1.82, 2.24) is 10.6 Å². The Kier molecular flexibility index (Phi) is 6.47. The van der Waals surface area contributed by atoms with E-state index >= 15 is 0 Å². The number of hydrogen-bond donors (Lipinski definition) is 2. The zero-order valence-electron chi connectivity index (χ0n) is 14.0. The summed E-state index contributed by atoms with van der Waals surface area (Å²) in [6.45, 7) is 4.42. The maximum atomic E-state index is 13.6. The topological polar surface area (TPSA) is 50.4 Å². The van der Waals surface area contributed by atoms with Gasteiger partial charge in [-0.1, -0.05) is 19.1 Å². The van der Waals surface area contributed by atoms with Crippen LogP contribution in [0.5, 0.6) is 5.75 Å². The van der Waals surface area contributed by atoms with E-state index in [0.717, 1.165) is 32.4 Å². The summed E-state index contributed by atoms with van der Waals surface area (Å²) in [6.07, 6.45) is 3.69. The molecule has 0 aromatic heterocycles. The molecule has 24 heavy (non-hydrogen) atoms. The van der Waals surface area contributed by atoms with Crippen molar-refractivity contribution in [3.8, 4) is 5.75 Å². The van der Waals surface area contributed by atoms with Gasteiger partial charge in [-0.2, -0.15) is 0 Å². The fourth-order valence-electron chi connectivity index (χ4n) is 3.52. The summed E-state index contributed by atoms with van der Waals surface area (Å²) in [4.78, 5) is 12.4. The summed E-state index contributed by atoms with van der Waals surface area (Å²) >= 11 is 0. The summed E-state index contributed by atoms with van der Waals surface area (Å²) in [6, 6.07) is 6.38. The number of piperidine rings is 1. The van der Waals surface area contributed by atoms with Crippen LogP contribution in [0, 0.1) is 17.2 Å². The predicted octanol–water partition coefficient (Wildman–Crippen LogP) is 2.91. The SMILES string of the molecule is CCC(CNC(=O)C1CC12CCNCC2)Oc1ccccc1F.Cl.